The average molecular weight is 160 g/mol. The summed E-state index contributed by atoms with van der Waals surface area (Å²) in [5.74, 6) is -0.501. The van der Waals surface area contributed by atoms with E-state index in [0.29, 0.717) is 6.42 Å². The molecule has 3 heteroatoms. The Morgan fingerprint density at radius 3 is 2.27 bits per heavy atom. The number of ketones is 1. The van der Waals surface area contributed by atoms with Crippen molar-refractivity contribution in [1.82, 2.24) is 0 Å². The molecular formula is C8H16O3. The van der Waals surface area contributed by atoms with Gasteiger partial charge in [0.1, 0.15) is 11.7 Å². The molecule has 0 heterocycles. The van der Waals surface area contributed by atoms with Crippen LogP contribution in [0.5, 0.6) is 0 Å². The van der Waals surface area contributed by atoms with Crippen molar-refractivity contribution in [2.75, 3.05) is 0 Å². The number of aliphatic hydroxyl groups is 2. The van der Waals surface area contributed by atoms with Crippen LogP contribution in [0.15, 0.2) is 0 Å². The van der Waals surface area contributed by atoms with Gasteiger partial charge in [0, 0.05) is 0 Å². The molecule has 11 heavy (non-hydrogen) atoms. The van der Waals surface area contributed by atoms with E-state index in [0.717, 1.165) is 6.42 Å². The quantitative estimate of drug-likeness (QED) is 0.629. The van der Waals surface area contributed by atoms with Gasteiger partial charge in [-0.15, -0.1) is 0 Å². The predicted octanol–water partition coefficient (Wildman–Crippen LogP) is 0.487. The molecule has 0 radical (unpaired) electrons. The van der Waals surface area contributed by atoms with Crippen LogP contribution in [0.3, 0.4) is 0 Å². The summed E-state index contributed by atoms with van der Waals surface area (Å²) in [6.45, 7) is 4.64. The Labute approximate surface area is 67.0 Å². The molecule has 66 valence electrons. The van der Waals surface area contributed by atoms with E-state index in [-0.39, 0.29) is 0 Å². The molecule has 0 bridgehead atoms. The van der Waals surface area contributed by atoms with Crippen molar-refractivity contribution in [1.29, 1.82) is 0 Å². The van der Waals surface area contributed by atoms with Crippen LogP contribution >= 0.6 is 0 Å². The summed E-state index contributed by atoms with van der Waals surface area (Å²) in [6, 6.07) is 0. The van der Waals surface area contributed by atoms with Crippen LogP contribution in [-0.4, -0.2) is 27.7 Å². The number of carbonyl (C=O) groups is 1. The fourth-order valence-electron chi connectivity index (χ4n) is 0.812. The maximum atomic E-state index is 11.1. The summed E-state index contributed by atoms with van der Waals surface area (Å²) in [6.07, 6.45) is 0.145. The number of aliphatic hydroxyl groups excluding tert-OH is 1. The lowest BCUT2D eigenvalue weighted by Crippen LogP contribution is -2.39. The molecular weight excluding hydrogens is 144 g/mol. The summed E-state index contributed by atoms with van der Waals surface area (Å²) in [5.41, 5.74) is -1.41. The molecule has 0 aromatic rings. The van der Waals surface area contributed by atoms with Gasteiger partial charge in [0.2, 0.25) is 0 Å². The number of rotatable bonds is 4. The largest absolute Gasteiger partial charge is 0.385 e. The highest BCUT2D eigenvalue weighted by atomic mass is 16.3. The molecule has 0 saturated heterocycles. The Morgan fingerprint density at radius 2 is 2.00 bits per heavy atom. The molecule has 2 N–H and O–H groups in total. The Morgan fingerprint density at radius 1 is 1.55 bits per heavy atom. The Kier molecular flexibility index (Phi) is 3.69. The number of carbonyl (C=O) groups excluding carboxylic acids is 1. The maximum Gasteiger partial charge on any atom is 0.192 e. The average Bonchev–Trinajstić information content (AvgIpc) is 1.85. The fourth-order valence-corrected chi connectivity index (χ4v) is 0.812. The van der Waals surface area contributed by atoms with Crippen molar-refractivity contribution < 1.29 is 15.0 Å². The summed E-state index contributed by atoms with van der Waals surface area (Å²) in [5, 5.41) is 18.3. The molecule has 0 amide bonds. The molecule has 0 aliphatic rings. The van der Waals surface area contributed by atoms with Gasteiger partial charge in [0.05, 0.1) is 0 Å². The SMILES string of the molecule is CCCC(O)C(=O)C(C)(C)O. The third kappa shape index (κ3) is 3.49. The third-order valence-corrected chi connectivity index (χ3v) is 1.47. The topological polar surface area (TPSA) is 57.5 Å². The highest BCUT2D eigenvalue weighted by Gasteiger charge is 2.29. The minimum atomic E-state index is -1.41. The molecule has 3 nitrogen and oxygen atoms in total. The van der Waals surface area contributed by atoms with Gasteiger partial charge < -0.3 is 10.2 Å². The van der Waals surface area contributed by atoms with Gasteiger partial charge in [0.25, 0.3) is 0 Å². The standard InChI is InChI=1S/C8H16O3/c1-4-5-6(9)7(10)8(2,3)11/h6,9,11H,4-5H2,1-3H3. The number of hydrogen-bond donors (Lipinski definition) is 2. The molecule has 0 fully saturated rings. The van der Waals surface area contributed by atoms with Gasteiger partial charge in [-0.3, -0.25) is 4.79 Å². The molecule has 0 spiro atoms. The predicted molar refractivity (Wildman–Crippen MR) is 42.2 cm³/mol. The van der Waals surface area contributed by atoms with E-state index in [1.54, 1.807) is 0 Å². The second kappa shape index (κ2) is 3.83. The van der Waals surface area contributed by atoms with E-state index < -0.39 is 17.5 Å². The molecule has 0 aromatic heterocycles. The van der Waals surface area contributed by atoms with Gasteiger partial charge in [-0.2, -0.15) is 0 Å². The van der Waals surface area contributed by atoms with Crippen LogP contribution in [-0.2, 0) is 4.79 Å². The van der Waals surface area contributed by atoms with E-state index in [1.807, 2.05) is 6.92 Å². The van der Waals surface area contributed by atoms with Crippen molar-refractivity contribution >= 4 is 5.78 Å². The first-order valence-electron chi connectivity index (χ1n) is 3.84. The molecule has 1 unspecified atom stereocenters. The summed E-state index contributed by atoms with van der Waals surface area (Å²) >= 11 is 0. The van der Waals surface area contributed by atoms with Gasteiger partial charge >= 0.3 is 0 Å². The normalized spacial score (nSPS) is 14.6. The smallest absolute Gasteiger partial charge is 0.192 e. The van der Waals surface area contributed by atoms with E-state index in [4.69, 9.17) is 5.11 Å². The van der Waals surface area contributed by atoms with E-state index in [2.05, 4.69) is 0 Å². The Balaban J connectivity index is 4.03. The van der Waals surface area contributed by atoms with Gasteiger partial charge in [-0.05, 0) is 20.3 Å². The Bertz CT molecular complexity index is 135. The molecule has 1 atom stereocenters. The van der Waals surface area contributed by atoms with E-state index in [9.17, 15) is 9.90 Å². The highest BCUT2D eigenvalue weighted by Crippen LogP contribution is 2.09. The highest BCUT2D eigenvalue weighted by molar-refractivity contribution is 5.89. The van der Waals surface area contributed by atoms with Gasteiger partial charge in [-0.1, -0.05) is 13.3 Å². The summed E-state index contributed by atoms with van der Waals surface area (Å²) in [7, 11) is 0. The first-order valence-corrected chi connectivity index (χ1v) is 3.84. The lowest BCUT2D eigenvalue weighted by atomic mass is 9.97. The van der Waals surface area contributed by atoms with Crippen molar-refractivity contribution in [3.63, 3.8) is 0 Å². The zero-order chi connectivity index (χ0) is 9.07. The molecule has 0 aliphatic carbocycles. The van der Waals surface area contributed by atoms with E-state index in [1.165, 1.54) is 13.8 Å². The van der Waals surface area contributed by atoms with Crippen LogP contribution in [0.25, 0.3) is 0 Å². The van der Waals surface area contributed by atoms with Crippen molar-refractivity contribution in [3.05, 3.63) is 0 Å². The first kappa shape index (κ1) is 10.6. The minimum Gasteiger partial charge on any atom is -0.385 e. The molecule has 0 saturated carbocycles. The molecule has 0 aromatic carbocycles. The summed E-state index contributed by atoms with van der Waals surface area (Å²) in [4.78, 5) is 11.1. The zero-order valence-electron chi connectivity index (χ0n) is 7.29. The zero-order valence-corrected chi connectivity index (χ0v) is 7.29. The summed E-state index contributed by atoms with van der Waals surface area (Å²) < 4.78 is 0. The van der Waals surface area contributed by atoms with Crippen LogP contribution in [0.4, 0.5) is 0 Å². The van der Waals surface area contributed by atoms with Gasteiger partial charge in [0.15, 0.2) is 5.78 Å². The van der Waals surface area contributed by atoms with Crippen LogP contribution in [0.2, 0.25) is 0 Å². The van der Waals surface area contributed by atoms with Crippen molar-refractivity contribution in [2.45, 2.75) is 45.3 Å². The maximum absolute atomic E-state index is 11.1. The Hall–Kier alpha value is -0.410. The van der Waals surface area contributed by atoms with Crippen LogP contribution in [0, 0.1) is 0 Å². The van der Waals surface area contributed by atoms with Crippen LogP contribution < -0.4 is 0 Å². The number of hydrogen-bond acceptors (Lipinski definition) is 3. The van der Waals surface area contributed by atoms with Crippen molar-refractivity contribution in [2.24, 2.45) is 0 Å². The lowest BCUT2D eigenvalue weighted by molar-refractivity contribution is -0.143. The van der Waals surface area contributed by atoms with Crippen molar-refractivity contribution in [3.8, 4) is 0 Å². The third-order valence-electron chi connectivity index (χ3n) is 1.47. The van der Waals surface area contributed by atoms with E-state index >= 15 is 0 Å². The first-order chi connectivity index (χ1) is 4.89. The molecule has 0 aliphatic heterocycles. The lowest BCUT2D eigenvalue weighted by Gasteiger charge is -2.19. The van der Waals surface area contributed by atoms with Crippen LogP contribution in [0.1, 0.15) is 33.6 Å². The monoisotopic (exact) mass is 160 g/mol. The second-order valence-electron chi connectivity index (χ2n) is 3.23. The minimum absolute atomic E-state index is 0.419. The van der Waals surface area contributed by atoms with Gasteiger partial charge in [-0.25, -0.2) is 0 Å². The fraction of sp³-hybridized carbons (Fsp3) is 0.875. The number of Topliss-reactive ketones (excluding diaryl/α,β-unsaturated/α-hetero) is 1. The second-order valence-corrected chi connectivity index (χ2v) is 3.23. The molecule has 0 rings (SSSR count).